The predicted octanol–water partition coefficient (Wildman–Crippen LogP) is 4.49. The maximum atomic E-state index is 13.1. The van der Waals surface area contributed by atoms with Crippen LogP contribution in [0.15, 0.2) is 40.9 Å². The zero-order valence-electron chi connectivity index (χ0n) is 13.5. The van der Waals surface area contributed by atoms with Crippen molar-refractivity contribution < 1.29 is 14.0 Å². The molecule has 0 saturated carbocycles. The van der Waals surface area contributed by atoms with E-state index in [-0.39, 0.29) is 22.4 Å². The number of benzene rings is 2. The molecular formula is C18H14BrCl2FN2O2. The molecule has 0 spiro atoms. The molecule has 1 fully saturated rings. The molecule has 2 amide bonds. The van der Waals surface area contributed by atoms with E-state index in [2.05, 4.69) is 15.9 Å². The van der Waals surface area contributed by atoms with Crippen LogP contribution >= 0.6 is 39.1 Å². The van der Waals surface area contributed by atoms with Crippen molar-refractivity contribution >= 4 is 50.9 Å². The van der Waals surface area contributed by atoms with Crippen molar-refractivity contribution in [1.82, 2.24) is 9.80 Å². The summed E-state index contributed by atoms with van der Waals surface area (Å²) in [6.45, 7) is 1.50. The molecular weight excluding hydrogens is 446 g/mol. The van der Waals surface area contributed by atoms with Gasteiger partial charge in [-0.25, -0.2) is 4.39 Å². The summed E-state index contributed by atoms with van der Waals surface area (Å²) in [5.41, 5.74) is 0.681. The van der Waals surface area contributed by atoms with Gasteiger partial charge in [-0.05, 0) is 36.4 Å². The van der Waals surface area contributed by atoms with Gasteiger partial charge in [-0.3, -0.25) is 9.59 Å². The number of amides is 2. The smallest absolute Gasteiger partial charge is 0.255 e. The molecule has 0 bridgehead atoms. The molecule has 0 aromatic heterocycles. The monoisotopic (exact) mass is 458 g/mol. The van der Waals surface area contributed by atoms with Gasteiger partial charge in [0.25, 0.3) is 11.8 Å². The summed E-state index contributed by atoms with van der Waals surface area (Å²) >= 11 is 15.4. The lowest BCUT2D eigenvalue weighted by molar-refractivity contribution is 0.0535. The Morgan fingerprint density at radius 2 is 1.31 bits per heavy atom. The van der Waals surface area contributed by atoms with Crippen LogP contribution in [0.4, 0.5) is 4.39 Å². The van der Waals surface area contributed by atoms with E-state index in [9.17, 15) is 14.0 Å². The summed E-state index contributed by atoms with van der Waals surface area (Å²) in [6.07, 6.45) is 0. The topological polar surface area (TPSA) is 40.6 Å². The van der Waals surface area contributed by atoms with Crippen molar-refractivity contribution in [2.24, 2.45) is 0 Å². The quantitative estimate of drug-likeness (QED) is 0.663. The van der Waals surface area contributed by atoms with Crippen LogP contribution in [0.2, 0.25) is 10.0 Å². The van der Waals surface area contributed by atoms with Gasteiger partial charge in [0.05, 0.1) is 21.2 Å². The first-order chi connectivity index (χ1) is 12.4. The highest BCUT2D eigenvalue weighted by Crippen LogP contribution is 2.24. The fourth-order valence-corrected chi connectivity index (χ4v) is 3.78. The van der Waals surface area contributed by atoms with Crippen LogP contribution < -0.4 is 0 Å². The molecule has 2 aromatic rings. The second kappa shape index (κ2) is 7.94. The molecule has 0 radical (unpaired) electrons. The Morgan fingerprint density at radius 1 is 0.846 bits per heavy atom. The van der Waals surface area contributed by atoms with Gasteiger partial charge >= 0.3 is 0 Å². The van der Waals surface area contributed by atoms with Gasteiger partial charge < -0.3 is 9.80 Å². The first-order valence-electron chi connectivity index (χ1n) is 7.85. The molecule has 1 aliphatic heterocycles. The highest BCUT2D eigenvalue weighted by molar-refractivity contribution is 9.10. The number of hydrogen-bond acceptors (Lipinski definition) is 2. The van der Waals surface area contributed by atoms with Gasteiger partial charge in [-0.1, -0.05) is 39.1 Å². The van der Waals surface area contributed by atoms with Crippen molar-refractivity contribution in [3.63, 3.8) is 0 Å². The number of nitrogens with zero attached hydrogens (tertiary/aromatic N) is 2. The van der Waals surface area contributed by atoms with Crippen molar-refractivity contribution in [2.75, 3.05) is 26.2 Å². The minimum absolute atomic E-state index is 0.0788. The van der Waals surface area contributed by atoms with Crippen molar-refractivity contribution in [3.8, 4) is 0 Å². The predicted molar refractivity (Wildman–Crippen MR) is 102 cm³/mol. The molecule has 1 aliphatic rings. The minimum Gasteiger partial charge on any atom is -0.335 e. The summed E-state index contributed by atoms with van der Waals surface area (Å²) in [6, 6.07) is 8.79. The third kappa shape index (κ3) is 4.03. The fraction of sp³-hybridized carbons (Fsp3) is 0.222. The van der Waals surface area contributed by atoms with Crippen LogP contribution in [0.1, 0.15) is 20.7 Å². The van der Waals surface area contributed by atoms with Crippen molar-refractivity contribution in [3.05, 3.63) is 67.9 Å². The Balaban J connectivity index is 1.67. The molecule has 136 valence electrons. The third-order valence-electron chi connectivity index (χ3n) is 4.18. The molecule has 1 saturated heterocycles. The summed E-state index contributed by atoms with van der Waals surface area (Å²) in [5, 5.41) is 0.455. The first-order valence-corrected chi connectivity index (χ1v) is 9.40. The van der Waals surface area contributed by atoms with E-state index in [1.165, 1.54) is 12.1 Å². The number of halogens is 4. The second-order valence-corrected chi connectivity index (χ2v) is 7.56. The molecule has 4 nitrogen and oxygen atoms in total. The van der Waals surface area contributed by atoms with Crippen molar-refractivity contribution in [2.45, 2.75) is 0 Å². The Kier molecular flexibility index (Phi) is 5.85. The van der Waals surface area contributed by atoms with Crippen LogP contribution in [0.25, 0.3) is 0 Å². The number of carbonyl (C=O) groups is 2. The van der Waals surface area contributed by atoms with Gasteiger partial charge in [0.15, 0.2) is 0 Å². The SMILES string of the molecule is O=C(c1ccc(F)cc1Cl)N1CCN(C(=O)c2ccc(Br)cc2Cl)CC1. The van der Waals surface area contributed by atoms with Crippen molar-refractivity contribution in [1.29, 1.82) is 0 Å². The first kappa shape index (κ1) is 19.1. The molecule has 0 atom stereocenters. The average molecular weight is 460 g/mol. The molecule has 2 aromatic carbocycles. The van der Waals surface area contributed by atoms with Crippen LogP contribution in [0.3, 0.4) is 0 Å². The normalized spacial score (nSPS) is 14.5. The standard InChI is InChI=1S/C18H14BrCl2FN2O2/c19-11-1-3-13(15(20)9-11)17(25)23-5-7-24(8-6-23)18(26)14-4-2-12(22)10-16(14)21/h1-4,9-10H,5-8H2. The van der Waals surface area contributed by atoms with Gasteiger partial charge in [0.1, 0.15) is 5.82 Å². The molecule has 8 heteroatoms. The lowest BCUT2D eigenvalue weighted by atomic mass is 10.1. The summed E-state index contributed by atoms with van der Waals surface area (Å²) < 4.78 is 13.9. The zero-order valence-corrected chi connectivity index (χ0v) is 16.6. The maximum Gasteiger partial charge on any atom is 0.255 e. The molecule has 0 aliphatic carbocycles. The van der Waals surface area contributed by atoms with E-state index in [4.69, 9.17) is 23.2 Å². The average Bonchev–Trinajstić information content (AvgIpc) is 2.61. The van der Waals surface area contributed by atoms with E-state index in [1.807, 2.05) is 0 Å². The van der Waals surface area contributed by atoms with E-state index in [0.717, 1.165) is 10.5 Å². The number of piperazine rings is 1. The largest absolute Gasteiger partial charge is 0.335 e. The molecule has 26 heavy (non-hydrogen) atoms. The van der Waals surface area contributed by atoms with E-state index >= 15 is 0 Å². The summed E-state index contributed by atoms with van der Waals surface area (Å²) in [7, 11) is 0. The summed E-state index contributed by atoms with van der Waals surface area (Å²) in [5.74, 6) is -0.938. The van der Waals surface area contributed by atoms with Crippen LogP contribution in [-0.2, 0) is 0 Å². The Morgan fingerprint density at radius 3 is 1.77 bits per heavy atom. The van der Waals surface area contributed by atoms with E-state index in [0.29, 0.717) is 36.8 Å². The fourth-order valence-electron chi connectivity index (χ4n) is 2.78. The van der Waals surface area contributed by atoms with Gasteiger partial charge in [-0.2, -0.15) is 0 Å². The highest BCUT2D eigenvalue weighted by atomic mass is 79.9. The Labute approximate surface area is 168 Å². The third-order valence-corrected chi connectivity index (χ3v) is 5.30. The lowest BCUT2D eigenvalue weighted by Gasteiger charge is -2.35. The van der Waals surface area contributed by atoms with E-state index in [1.54, 1.807) is 28.0 Å². The lowest BCUT2D eigenvalue weighted by Crippen LogP contribution is -2.50. The zero-order chi connectivity index (χ0) is 18.8. The molecule has 0 unspecified atom stereocenters. The van der Waals surface area contributed by atoms with Crippen LogP contribution in [0, 0.1) is 5.82 Å². The minimum atomic E-state index is -0.492. The van der Waals surface area contributed by atoms with Gasteiger partial charge in [-0.15, -0.1) is 0 Å². The number of carbonyl (C=O) groups excluding carboxylic acids is 2. The molecule has 0 N–H and O–H groups in total. The molecule has 1 heterocycles. The Hall–Kier alpha value is -1.63. The van der Waals surface area contributed by atoms with Gasteiger partial charge in [0, 0.05) is 30.7 Å². The molecule has 3 rings (SSSR count). The highest BCUT2D eigenvalue weighted by Gasteiger charge is 2.27. The second-order valence-electron chi connectivity index (χ2n) is 5.83. The van der Waals surface area contributed by atoms with Crippen LogP contribution in [0.5, 0.6) is 0 Å². The number of hydrogen-bond donors (Lipinski definition) is 0. The number of rotatable bonds is 2. The van der Waals surface area contributed by atoms with E-state index < -0.39 is 5.82 Å². The maximum absolute atomic E-state index is 13.1. The van der Waals surface area contributed by atoms with Crippen LogP contribution in [-0.4, -0.2) is 47.8 Å². The summed E-state index contributed by atoms with van der Waals surface area (Å²) in [4.78, 5) is 28.5. The Bertz CT molecular complexity index is 799. The van der Waals surface area contributed by atoms with Gasteiger partial charge in [0.2, 0.25) is 0 Å².